The van der Waals surface area contributed by atoms with Crippen molar-refractivity contribution in [3.8, 4) is 5.75 Å². The topological polar surface area (TPSA) is 42.4 Å². The molecule has 0 radical (unpaired) electrons. The lowest BCUT2D eigenvalue weighted by Gasteiger charge is -2.15. The summed E-state index contributed by atoms with van der Waals surface area (Å²) in [4.78, 5) is 4.14. The first-order valence-corrected chi connectivity index (χ1v) is 6.18. The summed E-state index contributed by atoms with van der Waals surface area (Å²) in [7, 11) is 0. The molecule has 1 aliphatic heterocycles. The molecule has 1 N–H and O–H groups in total. The van der Waals surface area contributed by atoms with E-state index in [4.69, 9.17) is 16.3 Å². The van der Waals surface area contributed by atoms with Crippen molar-refractivity contribution in [1.82, 2.24) is 4.98 Å². The van der Waals surface area contributed by atoms with Crippen molar-refractivity contribution in [3.05, 3.63) is 58.4 Å². The lowest BCUT2D eigenvalue weighted by molar-refractivity contribution is 0.209. The van der Waals surface area contributed by atoms with Crippen molar-refractivity contribution in [2.75, 3.05) is 6.61 Å². The van der Waals surface area contributed by atoms with Crippen molar-refractivity contribution in [2.24, 2.45) is 0 Å². The molecule has 1 atom stereocenters. The number of aromatic nitrogens is 1. The number of aliphatic hydroxyl groups is 1. The van der Waals surface area contributed by atoms with Crippen LogP contribution in [0, 0.1) is 0 Å². The number of ether oxygens (including phenoxy) is 1. The molecule has 0 amide bonds. The SMILES string of the molecule is OC(c1cccc2c1OCC2)c1ncccc1Cl. The Kier molecular flexibility index (Phi) is 2.94. The fraction of sp³-hybridized carbons (Fsp3) is 0.214. The highest BCUT2D eigenvalue weighted by Crippen LogP contribution is 2.37. The van der Waals surface area contributed by atoms with Crippen LogP contribution in [0.25, 0.3) is 0 Å². The third kappa shape index (κ3) is 1.85. The van der Waals surface area contributed by atoms with Gasteiger partial charge in [0.05, 0.1) is 17.3 Å². The molecule has 1 aromatic carbocycles. The molecular weight excluding hydrogens is 250 g/mol. The molecule has 0 saturated heterocycles. The summed E-state index contributed by atoms with van der Waals surface area (Å²) in [5, 5.41) is 10.9. The van der Waals surface area contributed by atoms with Crippen molar-refractivity contribution in [1.29, 1.82) is 0 Å². The summed E-state index contributed by atoms with van der Waals surface area (Å²) >= 11 is 6.06. The predicted molar refractivity (Wildman–Crippen MR) is 68.9 cm³/mol. The van der Waals surface area contributed by atoms with Crippen LogP contribution >= 0.6 is 11.6 Å². The van der Waals surface area contributed by atoms with Crippen LogP contribution in [0.2, 0.25) is 5.02 Å². The van der Waals surface area contributed by atoms with Gasteiger partial charge in [-0.25, -0.2) is 0 Å². The second-order valence-corrected chi connectivity index (χ2v) is 4.61. The normalized spacial score (nSPS) is 15.0. The number of benzene rings is 1. The number of aliphatic hydroxyl groups excluding tert-OH is 1. The molecule has 1 unspecified atom stereocenters. The molecule has 2 aromatic rings. The minimum Gasteiger partial charge on any atom is -0.493 e. The summed E-state index contributed by atoms with van der Waals surface area (Å²) in [6, 6.07) is 9.24. The molecule has 1 aliphatic rings. The summed E-state index contributed by atoms with van der Waals surface area (Å²) in [5.74, 6) is 0.770. The highest BCUT2D eigenvalue weighted by molar-refractivity contribution is 6.31. The lowest BCUT2D eigenvalue weighted by Crippen LogP contribution is -2.04. The van der Waals surface area contributed by atoms with Gasteiger partial charge in [-0.3, -0.25) is 4.98 Å². The number of hydrogen-bond donors (Lipinski definition) is 1. The zero-order chi connectivity index (χ0) is 12.5. The lowest BCUT2D eigenvalue weighted by atomic mass is 10.0. The van der Waals surface area contributed by atoms with Gasteiger partial charge in [0.25, 0.3) is 0 Å². The Balaban J connectivity index is 2.06. The molecule has 0 spiro atoms. The van der Waals surface area contributed by atoms with Crippen LogP contribution in [0.1, 0.15) is 22.9 Å². The Morgan fingerprint density at radius 3 is 3.00 bits per heavy atom. The van der Waals surface area contributed by atoms with E-state index in [0.29, 0.717) is 17.3 Å². The molecule has 3 nitrogen and oxygen atoms in total. The molecule has 3 rings (SSSR count). The predicted octanol–water partition coefficient (Wildman–Crippen LogP) is 2.75. The maximum atomic E-state index is 10.4. The first-order chi connectivity index (χ1) is 8.77. The van der Waals surface area contributed by atoms with Crippen LogP contribution in [-0.2, 0) is 6.42 Å². The van der Waals surface area contributed by atoms with Gasteiger partial charge in [0, 0.05) is 18.2 Å². The van der Waals surface area contributed by atoms with Crippen molar-refractivity contribution < 1.29 is 9.84 Å². The van der Waals surface area contributed by atoms with Gasteiger partial charge in [0.2, 0.25) is 0 Å². The number of fused-ring (bicyclic) bond motifs is 1. The molecule has 0 bridgehead atoms. The van der Waals surface area contributed by atoms with E-state index in [9.17, 15) is 5.11 Å². The minimum atomic E-state index is -0.855. The molecule has 0 aliphatic carbocycles. The molecular formula is C14H12ClNO2. The molecule has 4 heteroatoms. The second kappa shape index (κ2) is 4.59. The second-order valence-electron chi connectivity index (χ2n) is 4.21. The molecule has 18 heavy (non-hydrogen) atoms. The van der Waals surface area contributed by atoms with E-state index >= 15 is 0 Å². The Hall–Kier alpha value is -1.58. The maximum Gasteiger partial charge on any atom is 0.128 e. The van der Waals surface area contributed by atoms with Gasteiger partial charge in [-0.2, -0.15) is 0 Å². The Bertz CT molecular complexity index is 586. The first kappa shape index (κ1) is 11.5. The van der Waals surface area contributed by atoms with E-state index < -0.39 is 6.10 Å². The van der Waals surface area contributed by atoms with Gasteiger partial charge < -0.3 is 9.84 Å². The van der Waals surface area contributed by atoms with E-state index in [-0.39, 0.29) is 0 Å². The highest BCUT2D eigenvalue weighted by atomic mass is 35.5. The third-order valence-corrected chi connectivity index (χ3v) is 3.40. The van der Waals surface area contributed by atoms with Crippen molar-refractivity contribution in [2.45, 2.75) is 12.5 Å². The quantitative estimate of drug-likeness (QED) is 0.904. The molecule has 0 saturated carbocycles. The van der Waals surface area contributed by atoms with E-state index in [1.54, 1.807) is 18.3 Å². The van der Waals surface area contributed by atoms with E-state index in [1.807, 2.05) is 18.2 Å². The van der Waals surface area contributed by atoms with Crippen molar-refractivity contribution in [3.63, 3.8) is 0 Å². The number of para-hydroxylation sites is 1. The van der Waals surface area contributed by atoms with Gasteiger partial charge in [-0.05, 0) is 17.7 Å². The summed E-state index contributed by atoms with van der Waals surface area (Å²) in [6.45, 7) is 0.662. The Morgan fingerprint density at radius 1 is 1.28 bits per heavy atom. The van der Waals surface area contributed by atoms with Crippen LogP contribution in [-0.4, -0.2) is 16.7 Å². The number of nitrogens with zero attached hydrogens (tertiary/aromatic N) is 1. The highest BCUT2D eigenvalue weighted by Gasteiger charge is 2.23. The standard InChI is InChI=1S/C14H12ClNO2/c15-11-5-2-7-16-12(11)13(17)10-4-1-3-9-6-8-18-14(9)10/h1-5,7,13,17H,6,8H2. The number of rotatable bonds is 2. The summed E-state index contributed by atoms with van der Waals surface area (Å²) < 4.78 is 5.58. The zero-order valence-corrected chi connectivity index (χ0v) is 10.4. The Labute approximate surface area is 110 Å². The fourth-order valence-electron chi connectivity index (χ4n) is 2.20. The van der Waals surface area contributed by atoms with Crippen LogP contribution in [0.5, 0.6) is 5.75 Å². The van der Waals surface area contributed by atoms with Gasteiger partial charge >= 0.3 is 0 Å². The van der Waals surface area contributed by atoms with Crippen molar-refractivity contribution >= 4 is 11.6 Å². The van der Waals surface area contributed by atoms with Crippen LogP contribution in [0.3, 0.4) is 0 Å². The van der Waals surface area contributed by atoms with Gasteiger partial charge in [0.1, 0.15) is 11.9 Å². The average molecular weight is 262 g/mol. The van der Waals surface area contributed by atoms with Gasteiger partial charge in [-0.15, -0.1) is 0 Å². The first-order valence-electron chi connectivity index (χ1n) is 5.80. The largest absolute Gasteiger partial charge is 0.493 e. The van der Waals surface area contributed by atoms with Crippen LogP contribution in [0.15, 0.2) is 36.5 Å². The van der Waals surface area contributed by atoms with E-state index in [1.165, 1.54) is 0 Å². The van der Waals surface area contributed by atoms with Crippen LogP contribution in [0.4, 0.5) is 0 Å². The van der Waals surface area contributed by atoms with Crippen LogP contribution < -0.4 is 4.74 Å². The number of hydrogen-bond acceptors (Lipinski definition) is 3. The molecule has 2 heterocycles. The number of pyridine rings is 1. The third-order valence-electron chi connectivity index (χ3n) is 3.09. The monoisotopic (exact) mass is 261 g/mol. The van der Waals surface area contributed by atoms with E-state index in [0.717, 1.165) is 23.3 Å². The number of halogens is 1. The smallest absolute Gasteiger partial charge is 0.128 e. The van der Waals surface area contributed by atoms with E-state index in [2.05, 4.69) is 4.98 Å². The summed E-state index contributed by atoms with van der Waals surface area (Å²) in [5.41, 5.74) is 2.31. The minimum absolute atomic E-state index is 0.459. The fourth-order valence-corrected chi connectivity index (χ4v) is 2.43. The zero-order valence-electron chi connectivity index (χ0n) is 9.64. The summed E-state index contributed by atoms with van der Waals surface area (Å²) in [6.07, 6.45) is 1.65. The molecule has 0 fully saturated rings. The molecule has 92 valence electrons. The maximum absolute atomic E-state index is 10.4. The average Bonchev–Trinajstić information content (AvgIpc) is 2.86. The Morgan fingerprint density at radius 2 is 2.17 bits per heavy atom. The van der Waals surface area contributed by atoms with Gasteiger partial charge in [0.15, 0.2) is 0 Å². The van der Waals surface area contributed by atoms with Gasteiger partial charge in [-0.1, -0.05) is 29.8 Å². The molecule has 1 aromatic heterocycles.